The highest BCUT2D eigenvalue weighted by molar-refractivity contribution is 5.66. The second kappa shape index (κ2) is 20.4. The fourth-order valence-corrected chi connectivity index (χ4v) is 2.16. The Kier molecular flexibility index (Phi) is 21.9. The molecule has 0 spiro atoms. The lowest BCUT2D eigenvalue weighted by Crippen LogP contribution is -2.16. The Bertz CT molecular complexity index is 218. The van der Waals surface area contributed by atoms with Gasteiger partial charge in [-0.15, -0.1) is 0 Å². The predicted octanol–water partition coefficient (Wildman–Crippen LogP) is 5.49. The Hall–Kier alpha value is -0.610. The van der Waals surface area contributed by atoms with Crippen molar-refractivity contribution in [2.24, 2.45) is 0 Å². The number of carbonyl (C=O) groups is 1. The van der Waals surface area contributed by atoms with Crippen molar-refractivity contribution in [3.05, 3.63) is 0 Å². The van der Waals surface area contributed by atoms with E-state index in [0.717, 1.165) is 25.9 Å². The third-order valence-electron chi connectivity index (χ3n) is 3.72. The summed E-state index contributed by atoms with van der Waals surface area (Å²) in [5, 5.41) is 18.2. The van der Waals surface area contributed by atoms with Crippen LogP contribution in [-0.2, 0) is 4.79 Å². The molecule has 0 aliphatic rings. The average Bonchev–Trinajstić information content (AvgIpc) is 2.52. The molecule has 22 heavy (non-hydrogen) atoms. The second-order valence-corrected chi connectivity index (χ2v) is 5.82. The van der Waals surface area contributed by atoms with E-state index in [2.05, 4.69) is 6.92 Å². The number of aliphatic carboxylic acids is 1. The molecule has 4 nitrogen and oxygen atoms in total. The van der Waals surface area contributed by atoms with Gasteiger partial charge in [0.25, 0.3) is 0 Å². The van der Waals surface area contributed by atoms with E-state index >= 15 is 0 Å². The zero-order valence-electron chi connectivity index (χ0n) is 15.1. The van der Waals surface area contributed by atoms with Crippen LogP contribution >= 0.6 is 0 Å². The van der Waals surface area contributed by atoms with E-state index in [1.807, 2.05) is 13.8 Å². The minimum absolute atomic E-state index is 0.344. The minimum Gasteiger partial charge on any atom is -0.481 e. The lowest BCUT2D eigenvalue weighted by Gasteiger charge is -2.05. The van der Waals surface area contributed by atoms with E-state index in [0.29, 0.717) is 6.42 Å². The molecular weight excluding hydrogens is 278 g/mol. The lowest BCUT2D eigenvalue weighted by molar-refractivity contribution is -0.137. The normalized spacial score (nSPS) is 10.4. The van der Waals surface area contributed by atoms with E-state index < -0.39 is 5.97 Å². The van der Waals surface area contributed by atoms with E-state index in [9.17, 15) is 4.79 Å². The third-order valence-corrected chi connectivity index (χ3v) is 3.72. The Morgan fingerprint density at radius 2 is 1.09 bits per heavy atom. The number of hydroxylamine groups is 2. The van der Waals surface area contributed by atoms with Gasteiger partial charge in [0.1, 0.15) is 0 Å². The van der Waals surface area contributed by atoms with Gasteiger partial charge in [0, 0.05) is 19.5 Å². The Morgan fingerprint density at radius 3 is 1.36 bits per heavy atom. The van der Waals surface area contributed by atoms with E-state index in [1.54, 1.807) is 0 Å². The highest BCUT2D eigenvalue weighted by Gasteiger charge is 1.96. The van der Waals surface area contributed by atoms with Gasteiger partial charge in [0.15, 0.2) is 0 Å². The van der Waals surface area contributed by atoms with Gasteiger partial charge < -0.3 is 10.3 Å². The predicted molar refractivity (Wildman–Crippen MR) is 93.4 cm³/mol. The summed E-state index contributed by atoms with van der Waals surface area (Å²) >= 11 is 0. The summed E-state index contributed by atoms with van der Waals surface area (Å²) in [5.41, 5.74) is 0. The maximum absolute atomic E-state index is 10.3. The first-order valence-electron chi connectivity index (χ1n) is 9.24. The maximum Gasteiger partial charge on any atom is 0.303 e. The number of nitrogens with zero attached hydrogens (tertiary/aromatic N) is 1. The Balaban J connectivity index is 0. The van der Waals surface area contributed by atoms with Crippen LogP contribution in [-0.4, -0.2) is 34.4 Å². The van der Waals surface area contributed by atoms with Crippen LogP contribution < -0.4 is 0 Å². The first kappa shape index (κ1) is 23.7. The smallest absolute Gasteiger partial charge is 0.303 e. The molecule has 0 bridgehead atoms. The lowest BCUT2D eigenvalue weighted by atomic mass is 10.1. The Labute approximate surface area is 137 Å². The molecule has 0 aliphatic heterocycles. The molecule has 0 fully saturated rings. The van der Waals surface area contributed by atoms with Crippen LogP contribution in [0.5, 0.6) is 0 Å². The molecule has 0 heterocycles. The zero-order valence-corrected chi connectivity index (χ0v) is 15.1. The molecule has 0 radical (unpaired) electrons. The van der Waals surface area contributed by atoms with Crippen molar-refractivity contribution in [3.63, 3.8) is 0 Å². The van der Waals surface area contributed by atoms with Crippen molar-refractivity contribution in [3.8, 4) is 0 Å². The molecular formula is C18H39NO3. The minimum atomic E-state index is -0.657. The zero-order chi connectivity index (χ0) is 17.1. The number of unbranched alkanes of at least 4 members (excludes halogenated alkanes) is 10. The van der Waals surface area contributed by atoms with Crippen LogP contribution in [0.25, 0.3) is 0 Å². The van der Waals surface area contributed by atoms with Gasteiger partial charge in [0.2, 0.25) is 0 Å². The van der Waals surface area contributed by atoms with Crippen LogP contribution in [0, 0.1) is 0 Å². The topological polar surface area (TPSA) is 60.8 Å². The average molecular weight is 318 g/mol. The summed E-state index contributed by atoms with van der Waals surface area (Å²) in [6.07, 6.45) is 14.4. The maximum atomic E-state index is 10.3. The van der Waals surface area contributed by atoms with Crippen LogP contribution in [0.3, 0.4) is 0 Å². The van der Waals surface area contributed by atoms with Gasteiger partial charge in [-0.2, -0.15) is 5.06 Å². The van der Waals surface area contributed by atoms with Gasteiger partial charge in [-0.25, -0.2) is 0 Å². The molecule has 0 aliphatic carbocycles. The molecule has 0 aromatic carbocycles. The Morgan fingerprint density at radius 1 is 0.727 bits per heavy atom. The van der Waals surface area contributed by atoms with Gasteiger partial charge in [-0.05, 0) is 6.42 Å². The standard InChI is InChI=1S/C14H28O2.C4H11NO/c1-2-3-4-5-6-7-8-9-10-11-12-13-14(15)16;1-3-5(6)4-2/h2-13H2,1H3,(H,15,16);6H,3-4H2,1-2H3. The summed E-state index contributed by atoms with van der Waals surface area (Å²) in [4.78, 5) is 10.3. The van der Waals surface area contributed by atoms with Crippen LogP contribution in [0.1, 0.15) is 97.8 Å². The van der Waals surface area contributed by atoms with Crippen molar-refractivity contribution in [2.45, 2.75) is 97.8 Å². The van der Waals surface area contributed by atoms with Crippen molar-refractivity contribution in [2.75, 3.05) is 13.1 Å². The SMILES string of the molecule is CCCCCCCCCCCCCC(=O)O.CCN(O)CC. The molecule has 0 saturated carbocycles. The van der Waals surface area contributed by atoms with Crippen LogP contribution in [0.4, 0.5) is 0 Å². The van der Waals surface area contributed by atoms with E-state index in [4.69, 9.17) is 10.3 Å². The molecule has 0 aromatic heterocycles. The fourth-order valence-electron chi connectivity index (χ4n) is 2.16. The van der Waals surface area contributed by atoms with E-state index in [1.165, 1.54) is 62.9 Å². The molecule has 0 saturated heterocycles. The summed E-state index contributed by atoms with van der Waals surface area (Å²) < 4.78 is 0. The molecule has 0 unspecified atom stereocenters. The van der Waals surface area contributed by atoms with Gasteiger partial charge in [-0.1, -0.05) is 85.0 Å². The molecule has 0 rings (SSSR count). The molecule has 4 heteroatoms. The first-order chi connectivity index (χ1) is 10.6. The highest BCUT2D eigenvalue weighted by atomic mass is 16.5. The summed E-state index contributed by atoms with van der Waals surface area (Å²) in [6.45, 7) is 7.50. The van der Waals surface area contributed by atoms with Crippen molar-refractivity contribution >= 4 is 5.97 Å². The molecule has 0 aromatic rings. The van der Waals surface area contributed by atoms with E-state index in [-0.39, 0.29) is 0 Å². The van der Waals surface area contributed by atoms with Gasteiger partial charge in [-0.3, -0.25) is 4.79 Å². The van der Waals surface area contributed by atoms with Crippen LogP contribution in [0.15, 0.2) is 0 Å². The van der Waals surface area contributed by atoms with Crippen molar-refractivity contribution < 1.29 is 15.1 Å². The monoisotopic (exact) mass is 317 g/mol. The number of rotatable bonds is 14. The first-order valence-corrected chi connectivity index (χ1v) is 9.24. The fraction of sp³-hybridized carbons (Fsp3) is 0.944. The second-order valence-electron chi connectivity index (χ2n) is 5.82. The van der Waals surface area contributed by atoms with Crippen molar-refractivity contribution in [1.82, 2.24) is 5.06 Å². The van der Waals surface area contributed by atoms with Gasteiger partial charge >= 0.3 is 5.97 Å². The summed E-state index contributed by atoms with van der Waals surface area (Å²) in [6, 6.07) is 0. The largest absolute Gasteiger partial charge is 0.481 e. The molecule has 0 atom stereocenters. The summed E-state index contributed by atoms with van der Waals surface area (Å²) in [5.74, 6) is -0.657. The van der Waals surface area contributed by atoms with Crippen LogP contribution in [0.2, 0.25) is 0 Å². The number of carboxylic acid groups (broad SMARTS) is 1. The number of hydrogen-bond acceptors (Lipinski definition) is 3. The molecule has 0 amide bonds. The number of carboxylic acids is 1. The molecule has 134 valence electrons. The highest BCUT2D eigenvalue weighted by Crippen LogP contribution is 2.11. The van der Waals surface area contributed by atoms with Gasteiger partial charge in [0.05, 0.1) is 0 Å². The third kappa shape index (κ3) is 24.4. The summed E-state index contributed by atoms with van der Waals surface area (Å²) in [7, 11) is 0. The van der Waals surface area contributed by atoms with Crippen molar-refractivity contribution in [1.29, 1.82) is 0 Å². The number of hydrogen-bond donors (Lipinski definition) is 2. The quantitative estimate of drug-likeness (QED) is 0.328. The molecule has 2 N–H and O–H groups in total.